The summed E-state index contributed by atoms with van der Waals surface area (Å²) in [6, 6.07) is 9.37. The number of hydrogen-bond donors (Lipinski definition) is 1. The van der Waals surface area contributed by atoms with Crippen LogP contribution in [0.5, 0.6) is 0 Å². The highest BCUT2D eigenvalue weighted by Gasteiger charge is 2.48. The number of carbonyl (C=O) groups excluding carboxylic acids is 2. The number of carbonyl (C=O) groups is 2. The van der Waals surface area contributed by atoms with Gasteiger partial charge in [0.2, 0.25) is 5.91 Å². The Morgan fingerprint density at radius 1 is 1.24 bits per heavy atom. The lowest BCUT2D eigenvalue weighted by molar-refractivity contribution is -0.134. The topological polar surface area (TPSA) is 109 Å². The molecule has 194 valence electrons. The highest BCUT2D eigenvalue weighted by Crippen LogP contribution is 2.40. The lowest BCUT2D eigenvalue weighted by Gasteiger charge is -2.30. The number of aliphatic hydroxyl groups excluding tert-OH is 1. The molecule has 2 aliphatic heterocycles. The van der Waals surface area contributed by atoms with Crippen molar-refractivity contribution in [2.75, 3.05) is 6.54 Å². The quantitative estimate of drug-likeness (QED) is 0.515. The molecular weight excluding hydrogens is 488 g/mol. The summed E-state index contributed by atoms with van der Waals surface area (Å²) in [7, 11) is 0. The fourth-order valence-electron chi connectivity index (χ4n) is 5.53. The van der Waals surface area contributed by atoms with Crippen molar-refractivity contribution in [1.29, 1.82) is 0 Å². The molecule has 37 heavy (non-hydrogen) atoms. The molecule has 1 aromatic carbocycles. The molecule has 4 atom stereocenters. The molecule has 0 saturated carbocycles. The zero-order valence-corrected chi connectivity index (χ0v) is 22.6. The van der Waals surface area contributed by atoms with Crippen LogP contribution in [0.2, 0.25) is 0 Å². The van der Waals surface area contributed by atoms with Crippen molar-refractivity contribution in [1.82, 2.24) is 15.0 Å². The average molecular weight is 521 g/mol. The van der Waals surface area contributed by atoms with Gasteiger partial charge in [0.05, 0.1) is 39.3 Å². The largest absolute Gasteiger partial charge is 0.391 e. The first kappa shape index (κ1) is 25.5. The molecule has 1 N–H and O–H groups in total. The first-order valence-electron chi connectivity index (χ1n) is 12.6. The van der Waals surface area contributed by atoms with Crippen molar-refractivity contribution in [3.05, 3.63) is 58.6 Å². The zero-order valence-electron chi connectivity index (χ0n) is 21.8. The fourth-order valence-corrected chi connectivity index (χ4v) is 6.35. The number of aliphatic imine (C=N–C) groups is 1. The minimum absolute atomic E-state index is 0.0312. The summed E-state index contributed by atoms with van der Waals surface area (Å²) < 4.78 is 5.46. The first-order valence-corrected chi connectivity index (χ1v) is 13.5. The van der Waals surface area contributed by atoms with Gasteiger partial charge in [0.25, 0.3) is 5.91 Å². The van der Waals surface area contributed by atoms with Crippen molar-refractivity contribution in [2.24, 2.45) is 10.9 Å². The van der Waals surface area contributed by atoms with Crippen LogP contribution in [0.4, 0.5) is 0 Å². The van der Waals surface area contributed by atoms with Crippen LogP contribution in [0.25, 0.3) is 10.4 Å². The maximum Gasteiger partial charge on any atom is 0.256 e. The maximum atomic E-state index is 13.8. The molecule has 9 heteroatoms. The number of amides is 2. The summed E-state index contributed by atoms with van der Waals surface area (Å²) in [4.78, 5) is 38.6. The summed E-state index contributed by atoms with van der Waals surface area (Å²) in [6.45, 7) is 9.84. The van der Waals surface area contributed by atoms with Gasteiger partial charge in [0.15, 0.2) is 0 Å². The molecule has 0 spiro atoms. The Kier molecular flexibility index (Phi) is 6.62. The van der Waals surface area contributed by atoms with E-state index in [0.29, 0.717) is 30.0 Å². The highest BCUT2D eigenvalue weighted by atomic mass is 32.1. The molecule has 1 fully saturated rings. The van der Waals surface area contributed by atoms with Gasteiger partial charge >= 0.3 is 0 Å². The van der Waals surface area contributed by atoms with Crippen LogP contribution in [0.3, 0.4) is 0 Å². The van der Waals surface area contributed by atoms with Gasteiger partial charge in [-0.1, -0.05) is 43.3 Å². The van der Waals surface area contributed by atoms with Crippen LogP contribution < -0.4 is 0 Å². The number of nitrogens with zero attached hydrogens (tertiary/aromatic N) is 4. The number of benzene rings is 1. The molecule has 4 heterocycles. The van der Waals surface area contributed by atoms with Crippen LogP contribution >= 0.6 is 11.3 Å². The van der Waals surface area contributed by atoms with Crippen molar-refractivity contribution in [3.8, 4) is 10.4 Å². The molecule has 0 bridgehead atoms. The number of aryl methyl sites for hydroxylation is 2. The number of aliphatic hydroxyl groups is 1. The second-order valence-corrected chi connectivity index (χ2v) is 11.6. The third-order valence-electron chi connectivity index (χ3n) is 7.61. The van der Waals surface area contributed by atoms with Gasteiger partial charge in [0, 0.05) is 31.2 Å². The summed E-state index contributed by atoms with van der Waals surface area (Å²) in [5.74, 6) is -0.398. The lowest BCUT2D eigenvalue weighted by Crippen LogP contribution is -2.44. The third-order valence-corrected chi connectivity index (χ3v) is 8.59. The van der Waals surface area contributed by atoms with E-state index < -0.39 is 23.5 Å². The van der Waals surface area contributed by atoms with E-state index in [1.807, 2.05) is 64.4 Å². The Morgan fingerprint density at radius 3 is 2.57 bits per heavy atom. The van der Waals surface area contributed by atoms with Gasteiger partial charge in [-0.3, -0.25) is 9.59 Å². The van der Waals surface area contributed by atoms with Crippen LogP contribution in [-0.2, 0) is 15.0 Å². The SMILES string of the molecule is Cc1cc(C(C(=O)N2C[C@H](O)CC2C2=NC(=O)C(C)(c3ccc(-c4scnc4C)cc3)C2)C(C)C)on1. The fraction of sp³-hybridized carbons (Fsp3) is 0.464. The molecule has 2 aromatic heterocycles. The number of thiazole rings is 1. The van der Waals surface area contributed by atoms with E-state index in [1.165, 1.54) is 0 Å². The summed E-state index contributed by atoms with van der Waals surface area (Å²) in [5.41, 5.74) is 5.31. The van der Waals surface area contributed by atoms with Crippen LogP contribution in [0.1, 0.15) is 62.2 Å². The molecule has 8 nitrogen and oxygen atoms in total. The second-order valence-electron chi connectivity index (χ2n) is 10.7. The van der Waals surface area contributed by atoms with E-state index in [9.17, 15) is 14.7 Å². The predicted octanol–water partition coefficient (Wildman–Crippen LogP) is 4.45. The third kappa shape index (κ3) is 4.55. The molecule has 2 amide bonds. The van der Waals surface area contributed by atoms with Crippen LogP contribution in [0, 0.1) is 19.8 Å². The standard InChI is InChI=1S/C28H32N4O4S/c1-15(2)24(23-10-16(3)31-36-23)26(34)32-13-20(33)11-22(32)21-12-28(5,27(35)30-21)19-8-6-18(7-9-19)25-17(4)29-14-37-25/h6-10,14-15,20,22,24,33H,11-13H2,1-5H3/t20-,22?,24?,28?/m1/s1. The number of aromatic nitrogens is 2. The Morgan fingerprint density at radius 2 is 1.97 bits per heavy atom. The van der Waals surface area contributed by atoms with Gasteiger partial charge in [-0.05, 0) is 37.8 Å². The van der Waals surface area contributed by atoms with Gasteiger partial charge in [0.1, 0.15) is 11.7 Å². The summed E-state index contributed by atoms with van der Waals surface area (Å²) in [6.07, 6.45) is 0.0853. The molecule has 3 aromatic rings. The Labute approximate surface area is 220 Å². The monoisotopic (exact) mass is 520 g/mol. The normalized spacial score (nSPS) is 24.7. The van der Waals surface area contributed by atoms with Crippen LogP contribution in [0.15, 0.2) is 45.4 Å². The van der Waals surface area contributed by atoms with Crippen molar-refractivity contribution in [2.45, 2.75) is 70.9 Å². The van der Waals surface area contributed by atoms with E-state index in [1.54, 1.807) is 22.3 Å². The summed E-state index contributed by atoms with van der Waals surface area (Å²) >= 11 is 1.59. The number of hydrogen-bond acceptors (Lipinski definition) is 7. The van der Waals surface area contributed by atoms with E-state index in [-0.39, 0.29) is 24.3 Å². The number of rotatable bonds is 6. The lowest BCUT2D eigenvalue weighted by atomic mass is 9.78. The average Bonchev–Trinajstić information content (AvgIpc) is 3.62. The van der Waals surface area contributed by atoms with E-state index in [0.717, 1.165) is 21.7 Å². The molecule has 2 aliphatic rings. The second kappa shape index (κ2) is 9.61. The van der Waals surface area contributed by atoms with Crippen LogP contribution in [-0.4, -0.2) is 56.4 Å². The van der Waals surface area contributed by atoms with E-state index in [2.05, 4.69) is 15.1 Å². The van der Waals surface area contributed by atoms with Crippen molar-refractivity contribution in [3.63, 3.8) is 0 Å². The first-order chi connectivity index (χ1) is 17.6. The molecule has 0 aliphatic carbocycles. The maximum absolute atomic E-state index is 13.8. The van der Waals surface area contributed by atoms with Crippen molar-refractivity contribution < 1.29 is 19.2 Å². The Balaban J connectivity index is 1.39. The smallest absolute Gasteiger partial charge is 0.256 e. The van der Waals surface area contributed by atoms with Gasteiger partial charge < -0.3 is 14.5 Å². The molecule has 1 saturated heterocycles. The Hall–Kier alpha value is -3.17. The Bertz CT molecular complexity index is 1360. The molecule has 3 unspecified atom stereocenters. The van der Waals surface area contributed by atoms with E-state index in [4.69, 9.17) is 4.52 Å². The molecule has 5 rings (SSSR count). The zero-order chi connectivity index (χ0) is 26.5. The number of β-amino-alcohol motifs (C(OH)–C–C–N with tert-alkyl or cyclic N) is 1. The minimum atomic E-state index is -0.821. The number of likely N-dealkylation sites (tertiary alicyclic amines) is 1. The predicted molar refractivity (Wildman–Crippen MR) is 142 cm³/mol. The summed E-state index contributed by atoms with van der Waals surface area (Å²) in [5, 5.41) is 14.5. The molecular formula is C28H32N4O4S. The highest BCUT2D eigenvalue weighted by molar-refractivity contribution is 7.13. The van der Waals surface area contributed by atoms with E-state index >= 15 is 0 Å². The van der Waals surface area contributed by atoms with Gasteiger partial charge in [-0.2, -0.15) is 0 Å². The van der Waals surface area contributed by atoms with Gasteiger partial charge in [-0.15, -0.1) is 11.3 Å². The van der Waals surface area contributed by atoms with Crippen molar-refractivity contribution >= 4 is 28.9 Å². The van der Waals surface area contributed by atoms with Gasteiger partial charge in [-0.25, -0.2) is 9.98 Å². The minimum Gasteiger partial charge on any atom is -0.391 e. The molecule has 0 radical (unpaired) electrons.